The molecule has 1 amide bonds. The van der Waals surface area contributed by atoms with Gasteiger partial charge in [-0.25, -0.2) is 9.98 Å². The van der Waals surface area contributed by atoms with Crippen LogP contribution in [0.4, 0.5) is 0 Å². The standard InChI is InChI=1S/C22H19N3O2.ClH/c23-22(11-4-12-22)16-9-7-15(8-10-16)19-17(14-5-2-1-3-6-14)18-20(26)24-13-25-21(18)27-19;/h1-3,5-10,13,18H,4,11-12,23H2;1H. The minimum atomic E-state index is -0.584. The molecule has 0 bridgehead atoms. The van der Waals surface area contributed by atoms with Crippen molar-refractivity contribution in [1.29, 1.82) is 0 Å². The molecule has 2 aromatic carbocycles. The number of nitrogens with two attached hydrogens (primary N) is 1. The summed E-state index contributed by atoms with van der Waals surface area (Å²) in [5, 5.41) is 0. The molecule has 2 heterocycles. The molecule has 6 heteroatoms. The number of ether oxygens (including phenoxy) is 1. The third-order valence-electron chi connectivity index (χ3n) is 5.66. The van der Waals surface area contributed by atoms with E-state index in [1.807, 2.05) is 42.5 Å². The van der Waals surface area contributed by atoms with Crippen LogP contribution in [0.5, 0.6) is 0 Å². The van der Waals surface area contributed by atoms with Crippen molar-refractivity contribution in [3.63, 3.8) is 0 Å². The molecule has 1 saturated carbocycles. The second kappa shape index (κ2) is 7.00. The highest BCUT2D eigenvalue weighted by molar-refractivity contribution is 6.23. The van der Waals surface area contributed by atoms with Gasteiger partial charge in [-0.3, -0.25) is 4.79 Å². The van der Waals surface area contributed by atoms with E-state index in [1.165, 1.54) is 12.8 Å². The van der Waals surface area contributed by atoms with Crippen LogP contribution in [0.2, 0.25) is 0 Å². The fourth-order valence-corrected chi connectivity index (χ4v) is 3.95. The van der Waals surface area contributed by atoms with E-state index in [4.69, 9.17) is 10.5 Å². The molecule has 2 aromatic rings. The summed E-state index contributed by atoms with van der Waals surface area (Å²) in [4.78, 5) is 20.5. The minimum Gasteiger partial charge on any atom is -0.441 e. The van der Waals surface area contributed by atoms with E-state index < -0.39 is 5.92 Å². The summed E-state index contributed by atoms with van der Waals surface area (Å²) in [6.45, 7) is 0. The number of rotatable bonds is 3. The summed E-state index contributed by atoms with van der Waals surface area (Å²) in [7, 11) is 0. The van der Waals surface area contributed by atoms with Crippen LogP contribution in [0.25, 0.3) is 11.3 Å². The highest BCUT2D eigenvalue weighted by Crippen LogP contribution is 2.43. The van der Waals surface area contributed by atoms with Crippen molar-refractivity contribution in [3.8, 4) is 0 Å². The van der Waals surface area contributed by atoms with Crippen LogP contribution in [0.15, 0.2) is 64.6 Å². The van der Waals surface area contributed by atoms with Crippen molar-refractivity contribution >= 4 is 41.9 Å². The first-order chi connectivity index (χ1) is 13.2. The zero-order valence-corrected chi connectivity index (χ0v) is 16.0. The lowest BCUT2D eigenvalue weighted by atomic mass is 9.72. The zero-order chi connectivity index (χ0) is 18.4. The molecule has 0 saturated heterocycles. The highest BCUT2D eigenvalue weighted by atomic mass is 35.5. The van der Waals surface area contributed by atoms with Gasteiger partial charge in [-0.05, 0) is 30.4 Å². The first-order valence-corrected chi connectivity index (χ1v) is 9.17. The van der Waals surface area contributed by atoms with Gasteiger partial charge in [-0.2, -0.15) is 0 Å². The summed E-state index contributed by atoms with van der Waals surface area (Å²) < 4.78 is 6.04. The zero-order valence-electron chi connectivity index (χ0n) is 15.2. The lowest BCUT2D eigenvalue weighted by Gasteiger charge is -2.38. The third-order valence-corrected chi connectivity index (χ3v) is 5.66. The Morgan fingerprint density at radius 1 is 1.00 bits per heavy atom. The van der Waals surface area contributed by atoms with Gasteiger partial charge in [-0.15, -0.1) is 12.4 Å². The Morgan fingerprint density at radius 3 is 2.36 bits per heavy atom. The molecule has 0 radical (unpaired) electrons. The molecule has 28 heavy (non-hydrogen) atoms. The van der Waals surface area contributed by atoms with Crippen molar-refractivity contribution in [1.82, 2.24) is 0 Å². The number of aliphatic imine (C=N–C) groups is 2. The van der Waals surface area contributed by atoms with E-state index in [0.717, 1.165) is 35.1 Å². The van der Waals surface area contributed by atoms with Crippen molar-refractivity contribution in [2.45, 2.75) is 24.8 Å². The normalized spacial score (nSPS) is 22.0. The number of amides is 1. The smallest absolute Gasteiger partial charge is 0.264 e. The Labute approximate surface area is 169 Å². The minimum absolute atomic E-state index is 0. The fraction of sp³-hybridized carbons (Fsp3) is 0.227. The molecule has 0 spiro atoms. The predicted molar refractivity (Wildman–Crippen MR) is 112 cm³/mol. The summed E-state index contributed by atoms with van der Waals surface area (Å²) in [6.07, 6.45) is 4.48. The van der Waals surface area contributed by atoms with Gasteiger partial charge in [-0.1, -0.05) is 54.6 Å². The molecule has 1 atom stereocenters. The van der Waals surface area contributed by atoms with Gasteiger partial charge < -0.3 is 10.5 Å². The first-order valence-electron chi connectivity index (χ1n) is 9.17. The Morgan fingerprint density at radius 2 is 1.71 bits per heavy atom. The average Bonchev–Trinajstić information content (AvgIpc) is 3.08. The van der Waals surface area contributed by atoms with Crippen LogP contribution in [-0.2, 0) is 15.1 Å². The fourth-order valence-electron chi connectivity index (χ4n) is 3.95. The number of nitrogens with zero attached hydrogens (tertiary/aromatic N) is 2. The molecule has 5 nitrogen and oxygen atoms in total. The summed E-state index contributed by atoms with van der Waals surface area (Å²) in [6, 6.07) is 18.0. The lowest BCUT2D eigenvalue weighted by molar-refractivity contribution is -0.118. The van der Waals surface area contributed by atoms with E-state index >= 15 is 0 Å². The molecule has 5 rings (SSSR count). The summed E-state index contributed by atoms with van der Waals surface area (Å²) >= 11 is 0. The Bertz CT molecular complexity index is 1010. The van der Waals surface area contributed by atoms with Crippen molar-refractivity contribution < 1.29 is 9.53 Å². The monoisotopic (exact) mass is 393 g/mol. The third kappa shape index (κ3) is 2.87. The molecule has 2 N–H and O–H groups in total. The van der Waals surface area contributed by atoms with E-state index in [1.54, 1.807) is 0 Å². The quantitative estimate of drug-likeness (QED) is 0.858. The van der Waals surface area contributed by atoms with Crippen molar-refractivity contribution in [2.75, 3.05) is 0 Å². The van der Waals surface area contributed by atoms with Gasteiger partial charge in [0.2, 0.25) is 5.90 Å². The number of carbonyl (C=O) groups excluding carboxylic acids is 1. The predicted octanol–water partition coefficient (Wildman–Crippen LogP) is 3.93. The van der Waals surface area contributed by atoms with Crippen LogP contribution in [0.1, 0.15) is 36.0 Å². The van der Waals surface area contributed by atoms with E-state index in [0.29, 0.717) is 11.7 Å². The Balaban J connectivity index is 0.00000192. The Hall–Kier alpha value is -2.76. The Kier molecular flexibility index (Phi) is 4.65. The maximum absolute atomic E-state index is 12.5. The summed E-state index contributed by atoms with van der Waals surface area (Å²) in [5.74, 6) is 0.220. The van der Waals surface area contributed by atoms with Gasteiger partial charge in [0.1, 0.15) is 18.0 Å². The number of carbonyl (C=O) groups is 1. The second-order valence-electron chi connectivity index (χ2n) is 7.28. The number of hydrogen-bond acceptors (Lipinski definition) is 4. The molecule has 0 aromatic heterocycles. The number of fused-ring (bicyclic) bond motifs is 1. The number of hydrogen-bond donors (Lipinski definition) is 1. The molecular formula is C22H20ClN3O2. The topological polar surface area (TPSA) is 77.0 Å². The molecule has 2 aliphatic heterocycles. The van der Waals surface area contributed by atoms with E-state index in [-0.39, 0.29) is 23.9 Å². The molecule has 3 aliphatic rings. The molecule has 1 aliphatic carbocycles. The van der Waals surface area contributed by atoms with E-state index in [2.05, 4.69) is 22.1 Å². The van der Waals surface area contributed by atoms with Crippen LogP contribution < -0.4 is 5.73 Å². The van der Waals surface area contributed by atoms with Gasteiger partial charge in [0, 0.05) is 16.7 Å². The van der Waals surface area contributed by atoms with E-state index in [9.17, 15) is 4.79 Å². The molecular weight excluding hydrogens is 374 g/mol. The van der Waals surface area contributed by atoms with Crippen LogP contribution in [0.3, 0.4) is 0 Å². The number of halogens is 1. The molecule has 1 fully saturated rings. The maximum Gasteiger partial charge on any atom is 0.264 e. The SMILES string of the molecule is Cl.NC1(c2ccc(C3=C(c4ccccc4)C4C(=O)N=CN=C4O3)cc2)CCC1. The van der Waals surface area contributed by atoms with Crippen LogP contribution >= 0.6 is 12.4 Å². The van der Waals surface area contributed by atoms with Crippen molar-refractivity contribution in [2.24, 2.45) is 21.6 Å². The highest BCUT2D eigenvalue weighted by Gasteiger charge is 2.42. The summed E-state index contributed by atoms with van der Waals surface area (Å²) in [5.41, 5.74) is 10.0. The molecule has 1 unspecified atom stereocenters. The number of benzene rings is 2. The van der Waals surface area contributed by atoms with Crippen LogP contribution in [0, 0.1) is 5.92 Å². The van der Waals surface area contributed by atoms with Gasteiger partial charge in [0.05, 0.1) is 0 Å². The second-order valence-corrected chi connectivity index (χ2v) is 7.28. The average molecular weight is 394 g/mol. The maximum atomic E-state index is 12.5. The van der Waals surface area contributed by atoms with Gasteiger partial charge in [0.25, 0.3) is 5.91 Å². The largest absolute Gasteiger partial charge is 0.441 e. The van der Waals surface area contributed by atoms with Gasteiger partial charge >= 0.3 is 0 Å². The van der Waals surface area contributed by atoms with Crippen molar-refractivity contribution in [3.05, 3.63) is 71.3 Å². The van der Waals surface area contributed by atoms with Gasteiger partial charge in [0.15, 0.2) is 0 Å². The van der Waals surface area contributed by atoms with Crippen LogP contribution in [-0.4, -0.2) is 18.1 Å². The molecule has 142 valence electrons. The lowest BCUT2D eigenvalue weighted by Crippen LogP contribution is -2.43. The first kappa shape index (κ1) is 18.6.